The van der Waals surface area contributed by atoms with Crippen molar-refractivity contribution in [2.24, 2.45) is 0 Å². The lowest BCUT2D eigenvalue weighted by molar-refractivity contribution is 0.0944. The molecule has 1 aliphatic carbocycles. The lowest BCUT2D eigenvalue weighted by Gasteiger charge is -2.28. The van der Waals surface area contributed by atoms with Crippen LogP contribution in [0.5, 0.6) is 0 Å². The van der Waals surface area contributed by atoms with Gasteiger partial charge in [-0.3, -0.25) is 0 Å². The smallest absolute Gasteiger partial charge is 0.315 e. The Labute approximate surface area is 102 Å². The van der Waals surface area contributed by atoms with E-state index in [9.17, 15) is 18.3 Å². The zero-order valence-electron chi connectivity index (χ0n) is 9.98. The molecule has 0 bridgehead atoms. The molecule has 6 nitrogen and oxygen atoms in total. The first-order chi connectivity index (χ1) is 7.88. The molecule has 0 aromatic carbocycles. The van der Waals surface area contributed by atoms with Crippen molar-refractivity contribution in [1.29, 1.82) is 0 Å². The second-order valence-electron chi connectivity index (χ2n) is 4.49. The van der Waals surface area contributed by atoms with E-state index in [2.05, 4.69) is 10.6 Å². The third-order valence-electron chi connectivity index (χ3n) is 2.80. The Kier molecular flexibility index (Phi) is 5.20. The number of nitrogens with one attached hydrogen (secondary N) is 2. The Bertz CT molecular complexity index is 355. The number of sulfone groups is 1. The highest BCUT2D eigenvalue weighted by molar-refractivity contribution is 7.90. The fourth-order valence-corrected chi connectivity index (χ4v) is 2.32. The Morgan fingerprint density at radius 2 is 2.00 bits per heavy atom. The summed E-state index contributed by atoms with van der Waals surface area (Å²) >= 11 is 0. The first-order valence-corrected chi connectivity index (χ1v) is 7.85. The second-order valence-corrected chi connectivity index (χ2v) is 6.75. The van der Waals surface area contributed by atoms with Crippen LogP contribution in [0.2, 0.25) is 0 Å². The van der Waals surface area contributed by atoms with E-state index in [0.29, 0.717) is 6.42 Å². The van der Waals surface area contributed by atoms with Gasteiger partial charge in [-0.15, -0.1) is 0 Å². The van der Waals surface area contributed by atoms with Gasteiger partial charge in [0.15, 0.2) is 0 Å². The lowest BCUT2D eigenvalue weighted by atomic mass is 9.93. The molecule has 0 heterocycles. The number of aliphatic hydroxyl groups excluding tert-OH is 1. The molecule has 3 N–H and O–H groups in total. The van der Waals surface area contributed by atoms with E-state index in [1.165, 1.54) is 0 Å². The molecule has 0 aliphatic heterocycles. The summed E-state index contributed by atoms with van der Waals surface area (Å²) in [6.07, 6.45) is 4.07. The summed E-state index contributed by atoms with van der Waals surface area (Å²) in [6.45, 7) is 0.0908. The number of hydrogen-bond donors (Lipinski definition) is 3. The molecule has 0 aromatic heterocycles. The molecule has 17 heavy (non-hydrogen) atoms. The molecular formula is C10H20N2O4S. The van der Waals surface area contributed by atoms with Crippen LogP contribution in [0.25, 0.3) is 0 Å². The van der Waals surface area contributed by atoms with E-state index < -0.39 is 22.0 Å². The summed E-state index contributed by atoms with van der Waals surface area (Å²) in [5, 5.41) is 14.8. The summed E-state index contributed by atoms with van der Waals surface area (Å²) < 4.78 is 21.7. The molecule has 100 valence electrons. The van der Waals surface area contributed by atoms with Crippen molar-refractivity contribution in [1.82, 2.24) is 10.6 Å². The topological polar surface area (TPSA) is 95.5 Å². The van der Waals surface area contributed by atoms with Crippen molar-refractivity contribution in [3.8, 4) is 0 Å². The summed E-state index contributed by atoms with van der Waals surface area (Å²) in [5.74, 6) is -0.0758. The highest BCUT2D eigenvalue weighted by Crippen LogP contribution is 2.17. The predicted octanol–water partition coefficient (Wildman–Crippen LogP) is -0.366. The molecule has 1 saturated carbocycles. The first-order valence-electron chi connectivity index (χ1n) is 5.78. The maximum Gasteiger partial charge on any atom is 0.315 e. The molecule has 2 amide bonds. The van der Waals surface area contributed by atoms with Crippen LogP contribution in [0.4, 0.5) is 4.79 Å². The Hall–Kier alpha value is -0.820. The molecule has 1 rings (SSSR count). The number of carbonyl (C=O) groups excluding carboxylic acids is 1. The molecular weight excluding hydrogens is 244 g/mol. The van der Waals surface area contributed by atoms with Crippen LogP contribution in [0.1, 0.15) is 25.7 Å². The van der Waals surface area contributed by atoms with Crippen molar-refractivity contribution in [3.05, 3.63) is 0 Å². The van der Waals surface area contributed by atoms with E-state index >= 15 is 0 Å². The normalized spacial score (nSPS) is 25.3. The van der Waals surface area contributed by atoms with E-state index in [-0.39, 0.29) is 18.3 Å². The number of urea groups is 1. The first kappa shape index (κ1) is 14.2. The average Bonchev–Trinajstić information content (AvgIpc) is 2.19. The van der Waals surface area contributed by atoms with Crippen molar-refractivity contribution < 1.29 is 18.3 Å². The summed E-state index contributed by atoms with van der Waals surface area (Å²) in [7, 11) is -3.06. The van der Waals surface area contributed by atoms with Crippen molar-refractivity contribution in [2.45, 2.75) is 37.8 Å². The maximum absolute atomic E-state index is 11.4. The molecule has 1 aliphatic rings. The molecule has 2 atom stereocenters. The molecule has 0 spiro atoms. The van der Waals surface area contributed by atoms with Crippen LogP contribution in [0, 0.1) is 0 Å². The second kappa shape index (κ2) is 6.20. The predicted molar refractivity (Wildman–Crippen MR) is 64.5 cm³/mol. The number of hydrogen-bond acceptors (Lipinski definition) is 4. The van der Waals surface area contributed by atoms with Gasteiger partial charge in [0.05, 0.1) is 17.9 Å². The highest BCUT2D eigenvalue weighted by Gasteiger charge is 2.24. The third-order valence-corrected chi connectivity index (χ3v) is 3.75. The molecule has 0 aromatic rings. The van der Waals surface area contributed by atoms with Crippen LogP contribution in [0.15, 0.2) is 0 Å². The number of carbonyl (C=O) groups is 1. The van der Waals surface area contributed by atoms with Gasteiger partial charge in [0, 0.05) is 12.8 Å². The SMILES string of the molecule is CS(=O)(=O)CCNC(=O)N[C@@H]1CCCC[C@@H]1O. The zero-order valence-corrected chi connectivity index (χ0v) is 10.8. The van der Waals surface area contributed by atoms with Gasteiger partial charge >= 0.3 is 6.03 Å². The van der Waals surface area contributed by atoms with Gasteiger partial charge in [0.2, 0.25) is 0 Å². The van der Waals surface area contributed by atoms with Crippen LogP contribution in [-0.2, 0) is 9.84 Å². The van der Waals surface area contributed by atoms with Gasteiger partial charge in [0.1, 0.15) is 9.84 Å². The standard InChI is InChI=1S/C10H20N2O4S/c1-17(15,16)7-6-11-10(14)12-8-4-2-3-5-9(8)13/h8-9,13H,2-7H2,1H3,(H2,11,12,14)/t8-,9+/m1/s1. The minimum Gasteiger partial charge on any atom is -0.391 e. The van der Waals surface area contributed by atoms with E-state index in [1.807, 2.05) is 0 Å². The molecule has 7 heteroatoms. The molecule has 0 radical (unpaired) electrons. The van der Waals surface area contributed by atoms with E-state index in [1.54, 1.807) is 0 Å². The van der Waals surface area contributed by atoms with Crippen molar-refractivity contribution in [3.63, 3.8) is 0 Å². The van der Waals surface area contributed by atoms with E-state index in [4.69, 9.17) is 0 Å². The zero-order chi connectivity index (χ0) is 12.9. The Morgan fingerprint density at radius 1 is 1.35 bits per heavy atom. The maximum atomic E-state index is 11.4. The number of rotatable bonds is 4. The van der Waals surface area contributed by atoms with Crippen LogP contribution >= 0.6 is 0 Å². The molecule has 0 saturated heterocycles. The summed E-state index contributed by atoms with van der Waals surface area (Å²) in [5.41, 5.74) is 0. The van der Waals surface area contributed by atoms with Crippen molar-refractivity contribution >= 4 is 15.9 Å². The molecule has 1 fully saturated rings. The van der Waals surface area contributed by atoms with Crippen molar-refractivity contribution in [2.75, 3.05) is 18.6 Å². The van der Waals surface area contributed by atoms with Gasteiger partial charge in [-0.25, -0.2) is 13.2 Å². The van der Waals surface area contributed by atoms with Crippen LogP contribution in [0.3, 0.4) is 0 Å². The van der Waals surface area contributed by atoms with Crippen LogP contribution in [-0.4, -0.2) is 50.3 Å². The monoisotopic (exact) mass is 264 g/mol. The van der Waals surface area contributed by atoms with Gasteiger partial charge in [-0.1, -0.05) is 12.8 Å². The number of aliphatic hydroxyl groups is 1. The minimum atomic E-state index is -3.06. The van der Waals surface area contributed by atoms with Gasteiger partial charge < -0.3 is 15.7 Å². The quantitative estimate of drug-likeness (QED) is 0.646. The third kappa shape index (κ3) is 5.88. The number of amides is 2. The largest absolute Gasteiger partial charge is 0.391 e. The Morgan fingerprint density at radius 3 is 2.59 bits per heavy atom. The van der Waals surface area contributed by atoms with Gasteiger partial charge in [0.25, 0.3) is 0 Å². The lowest BCUT2D eigenvalue weighted by Crippen LogP contribution is -2.49. The minimum absolute atomic E-state index is 0.0758. The average molecular weight is 264 g/mol. The fraction of sp³-hybridized carbons (Fsp3) is 0.900. The highest BCUT2D eigenvalue weighted by atomic mass is 32.2. The van der Waals surface area contributed by atoms with E-state index in [0.717, 1.165) is 25.5 Å². The van der Waals surface area contributed by atoms with Crippen LogP contribution < -0.4 is 10.6 Å². The van der Waals surface area contributed by atoms with Gasteiger partial charge in [-0.05, 0) is 12.8 Å². The fourth-order valence-electron chi connectivity index (χ4n) is 1.85. The summed E-state index contributed by atoms with van der Waals surface area (Å²) in [6, 6.07) is -0.637. The molecule has 0 unspecified atom stereocenters. The van der Waals surface area contributed by atoms with Gasteiger partial charge in [-0.2, -0.15) is 0 Å². The Balaban J connectivity index is 2.24. The summed E-state index contributed by atoms with van der Waals surface area (Å²) in [4.78, 5) is 11.4.